The molecule has 5 heteroatoms. The van der Waals surface area contributed by atoms with Crippen LogP contribution < -0.4 is 0 Å². The van der Waals surface area contributed by atoms with Gasteiger partial charge in [0.05, 0.1) is 0 Å². The molecule has 0 heterocycles. The molecule has 0 spiro atoms. The molecule has 0 rings (SSSR count). The molecule has 0 bridgehead atoms. The number of rotatable bonds is 26. The van der Waals surface area contributed by atoms with E-state index >= 15 is 0 Å². The van der Waals surface area contributed by atoms with Gasteiger partial charge in [-0.25, -0.2) is 4.79 Å². The Bertz CT molecular complexity index is 410. The third-order valence-corrected chi connectivity index (χ3v) is 7.48. The van der Waals surface area contributed by atoms with Gasteiger partial charge in [0.1, 0.15) is 5.94 Å². The molecule has 0 aromatic heterocycles. The molecule has 0 amide bonds. The minimum absolute atomic E-state index is 0. The van der Waals surface area contributed by atoms with Crippen LogP contribution in [0.15, 0.2) is 5.57 Å². The number of hydrogen-bond acceptors (Lipinski definition) is 4. The SMILES string of the molecule is CC(=C=O)CCCCCCCCCC[S-].CCCCCCCCCCC[S-].CCCCCCCCC[S-].[Au+3]. The van der Waals surface area contributed by atoms with Crippen LogP contribution in [0.25, 0.3) is 0 Å². The van der Waals surface area contributed by atoms with Crippen LogP contribution in [-0.4, -0.2) is 23.2 Å². The van der Waals surface area contributed by atoms with Crippen LogP contribution in [0.5, 0.6) is 0 Å². The van der Waals surface area contributed by atoms with E-state index < -0.39 is 0 Å². The summed E-state index contributed by atoms with van der Waals surface area (Å²) in [5, 5.41) is 0. The zero-order valence-corrected chi connectivity index (χ0v) is 30.3. The van der Waals surface area contributed by atoms with Crippen molar-refractivity contribution >= 4 is 43.8 Å². The molecule has 232 valence electrons. The van der Waals surface area contributed by atoms with E-state index in [1.54, 1.807) is 0 Å². The second-order valence-corrected chi connectivity index (χ2v) is 11.7. The Hall–Kier alpha value is 1.24. The molecule has 0 fully saturated rings. The van der Waals surface area contributed by atoms with Crippen molar-refractivity contribution in [1.29, 1.82) is 0 Å². The largest absolute Gasteiger partial charge is 3.00 e. The molecule has 38 heavy (non-hydrogen) atoms. The minimum atomic E-state index is 0. The van der Waals surface area contributed by atoms with Crippen molar-refractivity contribution in [3.8, 4) is 0 Å². The Kier molecular flexibility index (Phi) is 58.4. The van der Waals surface area contributed by atoms with Crippen molar-refractivity contribution in [3.63, 3.8) is 0 Å². The van der Waals surface area contributed by atoms with Gasteiger partial charge in [-0.2, -0.15) is 17.3 Å². The van der Waals surface area contributed by atoms with Crippen LogP contribution in [0.3, 0.4) is 0 Å². The van der Waals surface area contributed by atoms with E-state index in [4.69, 9.17) is 37.9 Å². The molecule has 0 radical (unpaired) electrons. The first-order chi connectivity index (χ1) is 18.1. The topological polar surface area (TPSA) is 17.1 Å². The van der Waals surface area contributed by atoms with Gasteiger partial charge >= 0.3 is 22.4 Å². The van der Waals surface area contributed by atoms with Crippen molar-refractivity contribution in [2.24, 2.45) is 0 Å². The Balaban J connectivity index is -0.000000230. The van der Waals surface area contributed by atoms with E-state index in [9.17, 15) is 4.79 Å². The van der Waals surface area contributed by atoms with Crippen molar-refractivity contribution < 1.29 is 27.2 Å². The van der Waals surface area contributed by atoms with Gasteiger partial charge in [0.15, 0.2) is 0 Å². The van der Waals surface area contributed by atoms with Crippen molar-refractivity contribution in [2.45, 2.75) is 181 Å². The van der Waals surface area contributed by atoms with Crippen LogP contribution in [0, 0.1) is 0 Å². The number of hydrogen-bond donors (Lipinski definition) is 0. The number of unbranched alkanes of at least 4 members (excludes halogenated alkanes) is 21. The zero-order chi connectivity index (χ0) is 28.1. The minimum Gasteiger partial charge on any atom is -0.793 e. The Morgan fingerprint density at radius 2 is 0.684 bits per heavy atom. The maximum absolute atomic E-state index is 10.2. The summed E-state index contributed by atoms with van der Waals surface area (Å²) in [4.78, 5) is 10.2. The van der Waals surface area contributed by atoms with Crippen LogP contribution in [0.1, 0.15) is 181 Å². The normalized spacial score (nSPS) is 9.95. The summed E-state index contributed by atoms with van der Waals surface area (Å²) in [6.45, 7) is 6.38. The van der Waals surface area contributed by atoms with Gasteiger partial charge in [0.25, 0.3) is 0 Å². The van der Waals surface area contributed by atoms with Crippen LogP contribution in [0.2, 0.25) is 0 Å². The zero-order valence-electron chi connectivity index (χ0n) is 25.7. The quantitative estimate of drug-likeness (QED) is 0.0377. The number of carbonyl (C=O) groups excluding carboxylic acids is 1. The Morgan fingerprint density at radius 3 is 0.921 bits per heavy atom. The van der Waals surface area contributed by atoms with E-state index in [1.807, 2.05) is 12.9 Å². The summed E-state index contributed by atoms with van der Waals surface area (Å²) < 4.78 is 0. The first-order valence-electron chi connectivity index (χ1n) is 16.1. The third kappa shape index (κ3) is 53.5. The van der Waals surface area contributed by atoms with Gasteiger partial charge in [-0.05, 0) is 19.8 Å². The van der Waals surface area contributed by atoms with E-state index in [0.29, 0.717) is 0 Å². The van der Waals surface area contributed by atoms with E-state index in [-0.39, 0.29) is 22.4 Å². The first kappa shape index (κ1) is 46.2. The van der Waals surface area contributed by atoms with Crippen LogP contribution in [-0.2, 0) is 65.1 Å². The maximum Gasteiger partial charge on any atom is 3.00 e. The van der Waals surface area contributed by atoms with Gasteiger partial charge in [0.2, 0.25) is 0 Å². The summed E-state index contributed by atoms with van der Waals surface area (Å²) in [6, 6.07) is 0. The van der Waals surface area contributed by atoms with Gasteiger partial charge in [-0.1, -0.05) is 162 Å². The summed E-state index contributed by atoms with van der Waals surface area (Å²) in [5.41, 5.74) is 0.862. The average Bonchev–Trinajstić information content (AvgIpc) is 2.92. The molecule has 0 aliphatic carbocycles. The standard InChI is InChI=1S/C13H24OS.C11H24S.C9H20S.Au/c1-13(12-14)10-8-6-4-2-3-5-7-9-11-15;1-2-3-4-5-6-7-8-9-10-11-12;1-2-3-4-5-6-7-8-9-10;/h15H,2-11H2,1H3;12H,2-11H2,1H3;10H,2-9H2,1H3;/q;;;+3/p-3. The van der Waals surface area contributed by atoms with E-state index in [2.05, 4.69) is 13.8 Å². The molecule has 0 N–H and O–H groups in total. The predicted molar refractivity (Wildman–Crippen MR) is 178 cm³/mol. The van der Waals surface area contributed by atoms with Gasteiger partial charge in [0, 0.05) is 5.57 Å². The second-order valence-electron chi connectivity index (χ2n) is 10.5. The van der Waals surface area contributed by atoms with Gasteiger partial charge in [-0.3, -0.25) is 0 Å². The molecule has 0 saturated carbocycles. The Labute approximate surface area is 273 Å². The molecule has 0 aliphatic heterocycles. The second kappa shape index (κ2) is 48.0. The Morgan fingerprint density at radius 1 is 0.447 bits per heavy atom. The molecular weight excluding hydrogens is 706 g/mol. The van der Waals surface area contributed by atoms with Crippen molar-refractivity contribution in [2.75, 3.05) is 17.3 Å². The molecule has 0 aromatic rings. The number of allylic oxidation sites excluding steroid dienone is 1. The molecule has 0 saturated heterocycles. The monoisotopic (exact) mass is 770 g/mol. The first-order valence-corrected chi connectivity index (χ1v) is 17.8. The van der Waals surface area contributed by atoms with Gasteiger partial charge < -0.3 is 37.9 Å². The third-order valence-electron chi connectivity index (χ3n) is 6.62. The fourth-order valence-corrected chi connectivity index (χ4v) is 4.69. The van der Waals surface area contributed by atoms with Crippen LogP contribution in [0.4, 0.5) is 0 Å². The average molecular weight is 771 g/mol. The fourth-order valence-electron chi connectivity index (χ4n) is 4.08. The fraction of sp³-hybridized carbons (Fsp3) is 0.939. The van der Waals surface area contributed by atoms with Crippen molar-refractivity contribution in [3.05, 3.63) is 5.57 Å². The molecule has 0 atom stereocenters. The molecular formula is C33H65AuOS3. The predicted octanol–water partition coefficient (Wildman–Crippen LogP) is 11.2. The molecule has 1 nitrogen and oxygen atoms in total. The van der Waals surface area contributed by atoms with E-state index in [1.165, 1.54) is 148 Å². The van der Waals surface area contributed by atoms with Crippen molar-refractivity contribution in [1.82, 2.24) is 0 Å². The van der Waals surface area contributed by atoms with E-state index in [0.717, 1.165) is 35.7 Å². The summed E-state index contributed by atoms with van der Waals surface area (Å²) >= 11 is 14.6. The summed E-state index contributed by atoms with van der Waals surface area (Å²) in [6.07, 6.45) is 33.3. The molecule has 0 aromatic carbocycles. The molecule has 0 aliphatic rings. The van der Waals surface area contributed by atoms with Crippen LogP contribution >= 0.6 is 0 Å². The maximum atomic E-state index is 10.2. The van der Waals surface area contributed by atoms with Gasteiger partial charge in [-0.15, -0.1) is 0 Å². The smallest absolute Gasteiger partial charge is 0.793 e. The summed E-state index contributed by atoms with van der Waals surface area (Å²) in [5.74, 6) is 4.77. The molecule has 0 unspecified atom stereocenters. The summed E-state index contributed by atoms with van der Waals surface area (Å²) in [7, 11) is 0.